The molecule has 0 bridgehead atoms. The van der Waals surface area contributed by atoms with Crippen LogP contribution >= 0.6 is 0 Å². The van der Waals surface area contributed by atoms with Gasteiger partial charge in [-0.2, -0.15) is 0 Å². The lowest BCUT2D eigenvalue weighted by atomic mass is 10.0. The molecule has 0 aliphatic carbocycles. The number of Topliss-reactive ketones (excluding diaryl/α,β-unsaturated/α-hetero) is 1. The summed E-state index contributed by atoms with van der Waals surface area (Å²) in [5.74, 6) is 0.0278. The van der Waals surface area contributed by atoms with Crippen molar-refractivity contribution in [3.8, 4) is 0 Å². The van der Waals surface area contributed by atoms with Gasteiger partial charge in [-0.1, -0.05) is 6.92 Å². The van der Waals surface area contributed by atoms with E-state index in [2.05, 4.69) is 0 Å². The molecule has 0 fully saturated rings. The number of aliphatic hydroxyl groups excluding tert-OH is 1. The number of aliphatic hydroxyl groups is 1. The molecule has 0 heterocycles. The monoisotopic (exact) mass is 145 g/mol. The zero-order valence-corrected chi connectivity index (χ0v) is 6.50. The quantitative estimate of drug-likeness (QED) is 0.588. The molecule has 0 aliphatic heterocycles. The first-order valence-electron chi connectivity index (χ1n) is 3.51. The van der Waals surface area contributed by atoms with Gasteiger partial charge in [0, 0.05) is 12.5 Å². The van der Waals surface area contributed by atoms with E-state index in [1.807, 2.05) is 6.92 Å². The standard InChI is InChI=1S/C7H15NO2/c1-3-7(10)6(8)4-5(2)9/h6-7,10H,3-4,8H2,1-2H3/t6-,7?/m0/s1. The summed E-state index contributed by atoms with van der Waals surface area (Å²) in [5.41, 5.74) is 5.46. The molecule has 2 atom stereocenters. The highest BCUT2D eigenvalue weighted by molar-refractivity contribution is 5.76. The van der Waals surface area contributed by atoms with Gasteiger partial charge < -0.3 is 10.8 Å². The van der Waals surface area contributed by atoms with Gasteiger partial charge in [0.2, 0.25) is 0 Å². The van der Waals surface area contributed by atoms with Gasteiger partial charge >= 0.3 is 0 Å². The van der Waals surface area contributed by atoms with Crippen molar-refractivity contribution in [2.45, 2.75) is 38.8 Å². The Hall–Kier alpha value is -0.410. The third kappa shape index (κ3) is 3.58. The lowest BCUT2D eigenvalue weighted by Crippen LogP contribution is -2.35. The van der Waals surface area contributed by atoms with E-state index in [0.29, 0.717) is 6.42 Å². The summed E-state index contributed by atoms with van der Waals surface area (Å²) in [6.07, 6.45) is 0.340. The first-order chi connectivity index (χ1) is 4.57. The second-order valence-electron chi connectivity index (χ2n) is 2.55. The van der Waals surface area contributed by atoms with Crippen LogP contribution in [-0.4, -0.2) is 23.0 Å². The highest BCUT2D eigenvalue weighted by atomic mass is 16.3. The maximum Gasteiger partial charge on any atom is 0.131 e. The van der Waals surface area contributed by atoms with Crippen LogP contribution < -0.4 is 5.73 Å². The second kappa shape index (κ2) is 4.41. The molecule has 0 radical (unpaired) electrons. The van der Waals surface area contributed by atoms with Crippen LogP contribution in [0.4, 0.5) is 0 Å². The lowest BCUT2D eigenvalue weighted by molar-refractivity contribution is -0.117. The van der Waals surface area contributed by atoms with Crippen LogP contribution in [0.1, 0.15) is 26.7 Å². The number of hydrogen-bond donors (Lipinski definition) is 2. The van der Waals surface area contributed by atoms with Gasteiger partial charge in [0.15, 0.2) is 0 Å². The molecule has 3 N–H and O–H groups in total. The smallest absolute Gasteiger partial charge is 0.131 e. The van der Waals surface area contributed by atoms with E-state index >= 15 is 0 Å². The van der Waals surface area contributed by atoms with Crippen LogP contribution in [0.2, 0.25) is 0 Å². The van der Waals surface area contributed by atoms with E-state index in [-0.39, 0.29) is 18.2 Å². The molecule has 3 heteroatoms. The molecule has 0 saturated carbocycles. The lowest BCUT2D eigenvalue weighted by Gasteiger charge is -2.14. The Bertz CT molecular complexity index is 114. The number of carbonyl (C=O) groups excluding carboxylic acids is 1. The molecule has 0 rings (SSSR count). The van der Waals surface area contributed by atoms with Crippen molar-refractivity contribution in [2.75, 3.05) is 0 Å². The second-order valence-corrected chi connectivity index (χ2v) is 2.55. The molecule has 0 amide bonds. The molecule has 0 aromatic carbocycles. The first-order valence-corrected chi connectivity index (χ1v) is 3.51. The minimum absolute atomic E-state index is 0.0278. The molecule has 0 aliphatic rings. The van der Waals surface area contributed by atoms with Crippen molar-refractivity contribution in [3.63, 3.8) is 0 Å². The maximum atomic E-state index is 10.5. The van der Waals surface area contributed by atoms with Gasteiger partial charge in [-0.3, -0.25) is 4.79 Å². The Kier molecular flexibility index (Phi) is 4.23. The van der Waals surface area contributed by atoms with Crippen LogP contribution in [0.5, 0.6) is 0 Å². The summed E-state index contributed by atoms with van der Waals surface area (Å²) in [5, 5.41) is 9.10. The van der Waals surface area contributed by atoms with Crippen LogP contribution in [0.25, 0.3) is 0 Å². The fourth-order valence-corrected chi connectivity index (χ4v) is 0.771. The van der Waals surface area contributed by atoms with Gasteiger partial charge in [-0.05, 0) is 13.3 Å². The molecule has 10 heavy (non-hydrogen) atoms. The van der Waals surface area contributed by atoms with Crippen molar-refractivity contribution in [1.29, 1.82) is 0 Å². The SMILES string of the molecule is CCC(O)[C@@H](N)CC(C)=O. The number of rotatable bonds is 4. The zero-order valence-electron chi connectivity index (χ0n) is 6.50. The van der Waals surface area contributed by atoms with Crippen LogP contribution in [0, 0.1) is 0 Å². The summed E-state index contributed by atoms with van der Waals surface area (Å²) in [7, 11) is 0. The van der Waals surface area contributed by atoms with Crippen LogP contribution in [0.3, 0.4) is 0 Å². The van der Waals surface area contributed by atoms with Crippen molar-refractivity contribution >= 4 is 5.78 Å². The minimum atomic E-state index is -0.538. The number of carbonyl (C=O) groups is 1. The summed E-state index contributed by atoms with van der Waals surface area (Å²) in [6.45, 7) is 3.31. The highest BCUT2D eigenvalue weighted by Crippen LogP contribution is 1.99. The third-order valence-corrected chi connectivity index (χ3v) is 1.44. The van der Waals surface area contributed by atoms with Gasteiger partial charge in [0.1, 0.15) is 5.78 Å². The van der Waals surface area contributed by atoms with Crippen molar-refractivity contribution in [2.24, 2.45) is 5.73 Å². The van der Waals surface area contributed by atoms with Crippen molar-refractivity contribution < 1.29 is 9.90 Å². The average Bonchev–Trinajstić information content (AvgIpc) is 1.85. The Morgan fingerprint density at radius 3 is 2.50 bits per heavy atom. The molecular weight excluding hydrogens is 130 g/mol. The average molecular weight is 145 g/mol. The van der Waals surface area contributed by atoms with E-state index in [1.54, 1.807) is 0 Å². The van der Waals surface area contributed by atoms with Gasteiger partial charge in [-0.15, -0.1) is 0 Å². The van der Waals surface area contributed by atoms with Crippen LogP contribution in [-0.2, 0) is 4.79 Å². The van der Waals surface area contributed by atoms with E-state index < -0.39 is 6.10 Å². The van der Waals surface area contributed by atoms with E-state index in [9.17, 15) is 4.79 Å². The van der Waals surface area contributed by atoms with Gasteiger partial charge in [-0.25, -0.2) is 0 Å². The van der Waals surface area contributed by atoms with E-state index in [0.717, 1.165) is 0 Å². The largest absolute Gasteiger partial charge is 0.392 e. The summed E-state index contributed by atoms with van der Waals surface area (Å²) in [4.78, 5) is 10.5. The molecule has 0 aromatic heterocycles. The Morgan fingerprint density at radius 2 is 2.20 bits per heavy atom. The fourth-order valence-electron chi connectivity index (χ4n) is 0.771. The Morgan fingerprint density at radius 1 is 1.70 bits per heavy atom. The molecule has 0 spiro atoms. The predicted molar refractivity (Wildman–Crippen MR) is 39.6 cm³/mol. The summed E-state index contributed by atoms with van der Waals surface area (Å²) >= 11 is 0. The third-order valence-electron chi connectivity index (χ3n) is 1.44. The molecular formula is C7H15NO2. The number of ketones is 1. The summed E-state index contributed by atoms with van der Waals surface area (Å²) in [6, 6.07) is -0.387. The Labute approximate surface area is 61.2 Å². The fraction of sp³-hybridized carbons (Fsp3) is 0.857. The number of nitrogens with two attached hydrogens (primary N) is 1. The maximum absolute atomic E-state index is 10.5. The summed E-state index contributed by atoms with van der Waals surface area (Å²) < 4.78 is 0. The predicted octanol–water partition coefficient (Wildman–Crippen LogP) is 0.0637. The molecule has 3 nitrogen and oxygen atoms in total. The molecule has 1 unspecified atom stereocenters. The molecule has 60 valence electrons. The van der Waals surface area contributed by atoms with E-state index in [1.165, 1.54) is 6.92 Å². The van der Waals surface area contributed by atoms with Crippen LogP contribution in [0.15, 0.2) is 0 Å². The normalized spacial score (nSPS) is 16.4. The first kappa shape index (κ1) is 9.59. The number of hydrogen-bond acceptors (Lipinski definition) is 3. The van der Waals surface area contributed by atoms with Crippen molar-refractivity contribution in [3.05, 3.63) is 0 Å². The molecule has 0 aromatic rings. The highest BCUT2D eigenvalue weighted by Gasteiger charge is 2.13. The van der Waals surface area contributed by atoms with E-state index in [4.69, 9.17) is 10.8 Å². The van der Waals surface area contributed by atoms with Gasteiger partial charge in [0.05, 0.1) is 6.10 Å². The Balaban J connectivity index is 3.61. The van der Waals surface area contributed by atoms with Crippen molar-refractivity contribution in [1.82, 2.24) is 0 Å². The zero-order chi connectivity index (χ0) is 8.15. The topological polar surface area (TPSA) is 63.3 Å². The van der Waals surface area contributed by atoms with Gasteiger partial charge in [0.25, 0.3) is 0 Å². The minimum Gasteiger partial charge on any atom is -0.392 e. The molecule has 0 saturated heterocycles.